The van der Waals surface area contributed by atoms with Gasteiger partial charge in [0.15, 0.2) is 5.16 Å². The second-order valence-corrected chi connectivity index (χ2v) is 6.01. The molecule has 0 aliphatic rings. The van der Waals surface area contributed by atoms with Crippen LogP contribution >= 0.6 is 35.3 Å². The molecule has 2 rings (SSSR count). The van der Waals surface area contributed by atoms with Gasteiger partial charge in [-0.25, -0.2) is 4.98 Å². The largest absolute Gasteiger partial charge is 0.393 e. The van der Waals surface area contributed by atoms with Crippen LogP contribution in [-0.4, -0.2) is 20.7 Å². The molecule has 2 heterocycles. The van der Waals surface area contributed by atoms with Gasteiger partial charge in [0.1, 0.15) is 4.83 Å². The maximum Gasteiger partial charge on any atom is 0.260 e. The minimum atomic E-state index is -0.101. The van der Waals surface area contributed by atoms with Crippen molar-refractivity contribution >= 4 is 50.5 Å². The van der Waals surface area contributed by atoms with E-state index >= 15 is 0 Å². The quantitative estimate of drug-likeness (QED) is 0.510. The van der Waals surface area contributed by atoms with Crippen molar-refractivity contribution in [3.05, 3.63) is 21.3 Å². The summed E-state index contributed by atoms with van der Waals surface area (Å²) in [4.78, 5) is 21.3. The average molecular weight is 285 g/mol. The van der Waals surface area contributed by atoms with E-state index in [1.807, 2.05) is 6.07 Å². The van der Waals surface area contributed by atoms with Crippen LogP contribution in [0.15, 0.2) is 16.0 Å². The van der Waals surface area contributed by atoms with Crippen LogP contribution in [0, 0.1) is 0 Å². The molecule has 0 fully saturated rings. The van der Waals surface area contributed by atoms with Gasteiger partial charge < -0.3 is 10.7 Å². The lowest BCUT2D eigenvalue weighted by molar-refractivity contribution is 0.983. The molecular weight excluding hydrogens is 274 g/mol. The fourth-order valence-electron chi connectivity index (χ4n) is 1.34. The van der Waals surface area contributed by atoms with Crippen molar-refractivity contribution in [2.45, 2.75) is 18.5 Å². The van der Waals surface area contributed by atoms with Gasteiger partial charge in [-0.15, -0.1) is 11.3 Å². The van der Waals surface area contributed by atoms with Crippen LogP contribution in [-0.2, 0) is 6.42 Å². The number of thioether (sulfide) groups is 1. The molecule has 3 N–H and O–H groups in total. The van der Waals surface area contributed by atoms with E-state index in [4.69, 9.17) is 18.0 Å². The van der Waals surface area contributed by atoms with Crippen molar-refractivity contribution in [1.82, 2.24) is 9.97 Å². The summed E-state index contributed by atoms with van der Waals surface area (Å²) in [5, 5.41) is 1.23. The Kier molecular flexibility index (Phi) is 3.80. The summed E-state index contributed by atoms with van der Waals surface area (Å²) in [6.07, 6.45) is 0.913. The zero-order chi connectivity index (χ0) is 12.4. The lowest BCUT2D eigenvalue weighted by atomic mass is 10.3. The molecule has 4 nitrogen and oxygen atoms in total. The molecule has 0 bridgehead atoms. The zero-order valence-electron chi connectivity index (χ0n) is 9.15. The Balaban J connectivity index is 2.40. The van der Waals surface area contributed by atoms with Crippen LogP contribution in [0.25, 0.3) is 10.2 Å². The molecule has 2 aromatic heterocycles. The van der Waals surface area contributed by atoms with E-state index in [0.29, 0.717) is 21.3 Å². The zero-order valence-corrected chi connectivity index (χ0v) is 11.6. The van der Waals surface area contributed by atoms with Crippen LogP contribution in [0.3, 0.4) is 0 Å². The Morgan fingerprint density at radius 1 is 1.71 bits per heavy atom. The fourth-order valence-corrected chi connectivity index (χ4v) is 3.15. The number of thiophene rings is 1. The molecule has 0 aliphatic carbocycles. The molecule has 90 valence electrons. The highest BCUT2D eigenvalue weighted by Crippen LogP contribution is 2.23. The van der Waals surface area contributed by atoms with Crippen molar-refractivity contribution in [1.29, 1.82) is 0 Å². The number of aromatic nitrogens is 2. The van der Waals surface area contributed by atoms with Crippen molar-refractivity contribution in [3.63, 3.8) is 0 Å². The molecule has 0 saturated carbocycles. The molecule has 0 aliphatic heterocycles. The number of nitrogens with zero attached hydrogens (tertiary/aromatic N) is 1. The van der Waals surface area contributed by atoms with Gasteiger partial charge >= 0.3 is 0 Å². The molecule has 2 aromatic rings. The highest BCUT2D eigenvalue weighted by atomic mass is 32.2. The van der Waals surface area contributed by atoms with Gasteiger partial charge in [-0.05, 0) is 12.5 Å². The summed E-state index contributed by atoms with van der Waals surface area (Å²) in [7, 11) is 0. The second kappa shape index (κ2) is 5.16. The number of hydrogen-bond donors (Lipinski definition) is 2. The van der Waals surface area contributed by atoms with E-state index in [9.17, 15) is 4.79 Å². The molecule has 0 spiro atoms. The lowest BCUT2D eigenvalue weighted by Crippen LogP contribution is -2.12. The highest BCUT2D eigenvalue weighted by Gasteiger charge is 2.08. The van der Waals surface area contributed by atoms with E-state index in [1.165, 1.54) is 11.8 Å². The van der Waals surface area contributed by atoms with E-state index in [-0.39, 0.29) is 5.56 Å². The number of fused-ring (bicyclic) bond motifs is 1. The van der Waals surface area contributed by atoms with Gasteiger partial charge in [-0.3, -0.25) is 4.79 Å². The number of nitrogens with two attached hydrogens (primary N) is 1. The van der Waals surface area contributed by atoms with Gasteiger partial charge in [0.2, 0.25) is 0 Å². The second-order valence-electron chi connectivity index (χ2n) is 3.41. The van der Waals surface area contributed by atoms with Crippen LogP contribution < -0.4 is 11.3 Å². The molecule has 0 radical (unpaired) electrons. The Morgan fingerprint density at radius 3 is 3.12 bits per heavy atom. The first-order valence-electron chi connectivity index (χ1n) is 5.04. The standard InChI is InChI=1S/C10H11N3OS3/c1-2-5-3-6-8(14)12-10(13-9(6)17-5)16-4-7(11)15/h3H,2,4H2,1H3,(H2,11,15)(H,12,13,14). The van der Waals surface area contributed by atoms with Crippen molar-refractivity contribution < 1.29 is 0 Å². The first-order chi connectivity index (χ1) is 8.10. The molecule has 0 saturated heterocycles. The summed E-state index contributed by atoms with van der Waals surface area (Å²) in [6.45, 7) is 2.06. The van der Waals surface area contributed by atoms with Crippen molar-refractivity contribution in [2.75, 3.05) is 5.75 Å². The highest BCUT2D eigenvalue weighted by molar-refractivity contribution is 8.00. The van der Waals surface area contributed by atoms with Gasteiger partial charge in [-0.1, -0.05) is 30.9 Å². The van der Waals surface area contributed by atoms with E-state index in [2.05, 4.69) is 16.9 Å². The predicted octanol–water partition coefficient (Wildman–Crippen LogP) is 1.93. The molecule has 0 amide bonds. The van der Waals surface area contributed by atoms with E-state index in [0.717, 1.165) is 16.1 Å². The average Bonchev–Trinajstić information content (AvgIpc) is 2.70. The third-order valence-corrected chi connectivity index (χ3v) is 4.55. The van der Waals surface area contributed by atoms with Crippen LogP contribution in [0.4, 0.5) is 0 Å². The minimum Gasteiger partial charge on any atom is -0.393 e. The maximum absolute atomic E-state index is 11.8. The van der Waals surface area contributed by atoms with Gasteiger partial charge in [0.05, 0.1) is 16.1 Å². The van der Waals surface area contributed by atoms with Gasteiger partial charge in [0, 0.05) is 4.88 Å². The predicted molar refractivity (Wildman–Crippen MR) is 77.1 cm³/mol. The molecule has 0 unspecified atom stereocenters. The number of thiocarbonyl (C=S) groups is 1. The number of aryl methyl sites for hydroxylation is 1. The SMILES string of the molecule is CCc1cc2c(=O)[nH]c(SCC(N)=S)nc2s1. The number of H-pyrrole nitrogens is 1. The third kappa shape index (κ3) is 2.85. The van der Waals surface area contributed by atoms with Gasteiger partial charge in [-0.2, -0.15) is 0 Å². The number of hydrogen-bond acceptors (Lipinski definition) is 5. The fraction of sp³-hybridized carbons (Fsp3) is 0.300. The van der Waals surface area contributed by atoms with Crippen LogP contribution in [0.1, 0.15) is 11.8 Å². The molecular formula is C10H11N3OS3. The summed E-state index contributed by atoms with van der Waals surface area (Å²) in [5.41, 5.74) is 5.31. The summed E-state index contributed by atoms with van der Waals surface area (Å²) < 4.78 is 0. The van der Waals surface area contributed by atoms with Crippen LogP contribution in [0.2, 0.25) is 0 Å². The first kappa shape index (κ1) is 12.5. The Morgan fingerprint density at radius 2 is 2.47 bits per heavy atom. The van der Waals surface area contributed by atoms with Crippen molar-refractivity contribution in [2.24, 2.45) is 5.73 Å². The molecule has 17 heavy (non-hydrogen) atoms. The Hall–Kier alpha value is -0.920. The third-order valence-electron chi connectivity index (χ3n) is 2.13. The molecule has 0 atom stereocenters. The molecule has 0 aromatic carbocycles. The number of rotatable bonds is 4. The first-order valence-corrected chi connectivity index (χ1v) is 7.25. The lowest BCUT2D eigenvalue weighted by Gasteiger charge is -1.98. The maximum atomic E-state index is 11.8. The Bertz CT molecular complexity index is 617. The minimum absolute atomic E-state index is 0.101. The van der Waals surface area contributed by atoms with E-state index in [1.54, 1.807) is 11.3 Å². The number of nitrogens with one attached hydrogen (secondary N) is 1. The van der Waals surface area contributed by atoms with Crippen molar-refractivity contribution in [3.8, 4) is 0 Å². The summed E-state index contributed by atoms with van der Waals surface area (Å²) in [5.74, 6) is 0.482. The normalized spacial score (nSPS) is 10.9. The summed E-state index contributed by atoms with van der Waals surface area (Å²) in [6, 6.07) is 1.90. The summed E-state index contributed by atoms with van der Waals surface area (Å²) >= 11 is 7.69. The molecule has 7 heteroatoms. The topological polar surface area (TPSA) is 71.8 Å². The van der Waals surface area contributed by atoms with E-state index < -0.39 is 0 Å². The number of aromatic amines is 1. The monoisotopic (exact) mass is 285 g/mol. The smallest absolute Gasteiger partial charge is 0.260 e. The Labute approximate surface area is 112 Å². The van der Waals surface area contributed by atoms with Gasteiger partial charge in [0.25, 0.3) is 5.56 Å². The van der Waals surface area contributed by atoms with Crippen LogP contribution in [0.5, 0.6) is 0 Å².